The molecule has 0 saturated heterocycles. The summed E-state index contributed by atoms with van der Waals surface area (Å²) in [6.45, 7) is 24.3. The number of aliphatic carboxylic acids is 1. The van der Waals surface area contributed by atoms with E-state index in [0.29, 0.717) is 71.7 Å². The van der Waals surface area contributed by atoms with Crippen LogP contribution in [0.5, 0.6) is 11.5 Å². The summed E-state index contributed by atoms with van der Waals surface area (Å²) in [7, 11) is 1.82. The zero-order valence-corrected chi connectivity index (χ0v) is 39.3. The number of hydrogen-bond donors (Lipinski definition) is 3. The summed E-state index contributed by atoms with van der Waals surface area (Å²) in [5, 5.41) is 16.1. The molecular weight excluding hydrogens is 769 g/mol. The predicted octanol–water partition coefficient (Wildman–Crippen LogP) is 9.63. The van der Waals surface area contributed by atoms with E-state index in [-0.39, 0.29) is 58.4 Å². The lowest BCUT2D eigenvalue weighted by molar-refractivity contribution is -0.192. The SMILES string of the molecule is CC.CNC(C)(C)C(=O)NC12CCC3C(CCC4C3(C)CCC3C(C)(C)C(CC(=O)C5CC(C(=O)O)C5C)CCC34C)C1=C(C(C)C)C(=O)C2.O=Cc1ccc2c(c1)OCO2. The quantitative estimate of drug-likeness (QED) is 0.207. The minimum atomic E-state index is -0.761. The number of hydrogen-bond acceptors (Lipinski definition) is 8. The number of fused-ring (bicyclic) bond motifs is 8. The number of benzene rings is 1. The number of aldehydes is 1. The minimum Gasteiger partial charge on any atom is -0.481 e. The molecule has 0 aromatic heterocycles. The molecule has 0 radical (unpaired) electrons. The van der Waals surface area contributed by atoms with Gasteiger partial charge in [0.2, 0.25) is 12.7 Å². The molecule has 5 fully saturated rings. The van der Waals surface area contributed by atoms with Gasteiger partial charge in [-0.3, -0.25) is 24.0 Å². The average molecular weight is 845 g/mol. The van der Waals surface area contributed by atoms with Crippen molar-refractivity contribution in [3.63, 3.8) is 0 Å². The van der Waals surface area contributed by atoms with Gasteiger partial charge in [0, 0.05) is 24.3 Å². The second-order valence-corrected chi connectivity index (χ2v) is 21.6. The summed E-state index contributed by atoms with van der Waals surface area (Å²) in [5.41, 5.74) is 2.00. The highest BCUT2D eigenvalue weighted by Crippen LogP contribution is 2.73. The van der Waals surface area contributed by atoms with Crippen LogP contribution in [0.4, 0.5) is 0 Å². The van der Waals surface area contributed by atoms with Crippen molar-refractivity contribution in [3.8, 4) is 11.5 Å². The molecule has 10 nitrogen and oxygen atoms in total. The fourth-order valence-corrected chi connectivity index (χ4v) is 14.3. The van der Waals surface area contributed by atoms with Crippen LogP contribution in [0, 0.1) is 69.5 Å². The van der Waals surface area contributed by atoms with Gasteiger partial charge in [-0.1, -0.05) is 62.3 Å². The Hall–Kier alpha value is -3.53. The number of allylic oxidation sites excluding steroid dienone is 1. The molecule has 1 aromatic rings. The summed E-state index contributed by atoms with van der Waals surface area (Å²) in [6.07, 6.45) is 10.9. The van der Waals surface area contributed by atoms with Gasteiger partial charge < -0.3 is 25.2 Å². The van der Waals surface area contributed by atoms with Crippen molar-refractivity contribution in [2.45, 2.75) is 158 Å². The van der Waals surface area contributed by atoms with Gasteiger partial charge in [0.25, 0.3) is 0 Å². The topological polar surface area (TPSA) is 148 Å². The summed E-state index contributed by atoms with van der Waals surface area (Å²) in [5.74, 6) is 2.98. The van der Waals surface area contributed by atoms with Crippen molar-refractivity contribution in [1.29, 1.82) is 0 Å². The van der Waals surface area contributed by atoms with Crippen molar-refractivity contribution >= 4 is 29.7 Å². The Labute approximate surface area is 365 Å². The van der Waals surface area contributed by atoms with E-state index < -0.39 is 17.0 Å². The predicted molar refractivity (Wildman–Crippen MR) is 237 cm³/mol. The zero-order valence-electron chi connectivity index (χ0n) is 39.3. The normalized spacial score (nSPS) is 36.6. The van der Waals surface area contributed by atoms with Crippen LogP contribution in [0.3, 0.4) is 0 Å². The van der Waals surface area contributed by atoms with Crippen LogP contribution in [0.1, 0.15) is 157 Å². The van der Waals surface area contributed by atoms with Crippen molar-refractivity contribution in [1.82, 2.24) is 10.6 Å². The number of ketones is 2. The first kappa shape index (κ1) is 47.0. The second kappa shape index (κ2) is 17.2. The Morgan fingerprint density at radius 1 is 0.918 bits per heavy atom. The molecule has 11 unspecified atom stereocenters. The van der Waals surface area contributed by atoms with E-state index in [1.54, 1.807) is 18.2 Å². The highest BCUT2D eigenvalue weighted by atomic mass is 16.7. The van der Waals surface area contributed by atoms with Crippen molar-refractivity contribution in [2.75, 3.05) is 13.8 Å². The maximum atomic E-state index is 13.8. The number of ether oxygens (including phenoxy) is 2. The first-order valence-electron chi connectivity index (χ1n) is 23.5. The molecule has 61 heavy (non-hydrogen) atoms. The third-order valence-corrected chi connectivity index (χ3v) is 17.9. The molecule has 6 aliphatic carbocycles. The van der Waals surface area contributed by atoms with E-state index in [9.17, 15) is 29.1 Å². The smallest absolute Gasteiger partial charge is 0.306 e. The monoisotopic (exact) mass is 845 g/mol. The maximum Gasteiger partial charge on any atom is 0.306 e. The van der Waals surface area contributed by atoms with Crippen molar-refractivity contribution in [3.05, 3.63) is 34.9 Å². The van der Waals surface area contributed by atoms with E-state index >= 15 is 0 Å². The Bertz CT molecular complexity index is 1920. The highest BCUT2D eigenvalue weighted by molar-refractivity contribution is 6.02. The van der Waals surface area contributed by atoms with E-state index in [1.807, 2.05) is 41.7 Å². The Morgan fingerprint density at radius 3 is 2.21 bits per heavy atom. The number of likely N-dealkylation sites (N-methyl/N-ethyl adjacent to an activating group) is 1. The van der Waals surface area contributed by atoms with Crippen LogP contribution in [-0.2, 0) is 19.2 Å². The number of carbonyl (C=O) groups excluding carboxylic acids is 4. The second-order valence-electron chi connectivity index (χ2n) is 21.6. The van der Waals surface area contributed by atoms with E-state index in [4.69, 9.17) is 9.47 Å². The zero-order chi connectivity index (χ0) is 45.0. The number of rotatable bonds is 9. The molecule has 0 spiro atoms. The Kier molecular flexibility index (Phi) is 13.3. The molecule has 10 heteroatoms. The number of carboxylic acids is 1. The lowest BCUT2D eigenvalue weighted by atomic mass is 9.36. The average Bonchev–Trinajstić information content (AvgIpc) is 3.80. The van der Waals surface area contributed by atoms with Gasteiger partial charge in [-0.25, -0.2) is 0 Å². The fourth-order valence-electron chi connectivity index (χ4n) is 14.3. The summed E-state index contributed by atoms with van der Waals surface area (Å²) in [4.78, 5) is 62.8. The van der Waals surface area contributed by atoms with E-state index in [1.165, 1.54) is 18.4 Å². The van der Waals surface area contributed by atoms with Gasteiger partial charge in [0.05, 0.1) is 17.0 Å². The number of Topliss-reactive ketones (excluding diaryl/α,β-unsaturated/α-hetero) is 2. The Balaban J connectivity index is 0.000000409. The first-order chi connectivity index (χ1) is 28.6. The van der Waals surface area contributed by atoms with Gasteiger partial charge in [-0.05, 0) is 166 Å². The van der Waals surface area contributed by atoms with Gasteiger partial charge in [0.1, 0.15) is 12.1 Å². The van der Waals surface area contributed by atoms with Crippen molar-refractivity contribution in [2.24, 2.45) is 69.5 Å². The molecule has 8 rings (SSSR count). The largest absolute Gasteiger partial charge is 0.481 e. The summed E-state index contributed by atoms with van der Waals surface area (Å²) in [6, 6.07) is 5.09. The van der Waals surface area contributed by atoms with Crippen molar-refractivity contribution < 1.29 is 38.6 Å². The third-order valence-electron chi connectivity index (χ3n) is 17.9. The lowest BCUT2D eigenvalue weighted by Gasteiger charge is -2.69. The summed E-state index contributed by atoms with van der Waals surface area (Å²) < 4.78 is 10.1. The maximum absolute atomic E-state index is 13.8. The van der Waals surface area contributed by atoms with Crippen LogP contribution in [-0.4, -0.2) is 59.8 Å². The number of carboxylic acid groups (broad SMARTS) is 1. The molecule has 1 heterocycles. The van der Waals surface area contributed by atoms with Gasteiger partial charge >= 0.3 is 5.97 Å². The summed E-state index contributed by atoms with van der Waals surface area (Å²) >= 11 is 0. The molecule has 0 bridgehead atoms. The van der Waals surface area contributed by atoms with E-state index in [0.717, 1.165) is 50.4 Å². The van der Waals surface area contributed by atoms with Gasteiger partial charge in [0.15, 0.2) is 17.3 Å². The molecule has 1 aliphatic heterocycles. The Morgan fingerprint density at radius 2 is 1.59 bits per heavy atom. The molecule has 338 valence electrons. The number of nitrogens with one attached hydrogen (secondary N) is 2. The molecule has 5 saturated carbocycles. The number of amides is 1. The molecule has 1 aromatic carbocycles. The van der Waals surface area contributed by atoms with Crippen LogP contribution >= 0.6 is 0 Å². The molecule has 11 atom stereocenters. The molecule has 7 aliphatic rings. The van der Waals surface area contributed by atoms with Crippen LogP contribution in [0.25, 0.3) is 0 Å². The molecule has 3 N–H and O–H groups in total. The standard InChI is InChI=1S/C41H64N2O5.C8H6O3.C2H6/c1-22(2)33-30(45)21-41(43-36(48)38(6,7)42-10)18-14-28-25(34(33)41)11-12-32-39(28,8)17-15-31-37(4,5)24(13-16-40(31,32)9)19-29(44)26-20-27(23(26)3)35(46)47;9-4-6-1-2-7-8(3-6)11-5-10-7;1-2/h22-28,31-32,42H,11-21H2,1-10H3,(H,43,48)(H,46,47);1-4H,5H2;1-2H3. The van der Waals surface area contributed by atoms with Gasteiger partial charge in [-0.2, -0.15) is 0 Å². The molecular formula is C51H76N2O8. The van der Waals surface area contributed by atoms with Crippen LogP contribution in [0.15, 0.2) is 29.3 Å². The fraction of sp³-hybridized carbons (Fsp3) is 0.745. The van der Waals surface area contributed by atoms with Crippen LogP contribution < -0.4 is 20.1 Å². The highest BCUT2D eigenvalue weighted by Gasteiger charge is 2.66. The lowest BCUT2D eigenvalue weighted by Crippen LogP contribution is -2.65. The third kappa shape index (κ3) is 7.92. The number of carbonyl (C=O) groups is 5. The first-order valence-corrected chi connectivity index (χ1v) is 23.5. The van der Waals surface area contributed by atoms with Crippen LogP contribution in [0.2, 0.25) is 0 Å². The minimum absolute atomic E-state index is 0.0300. The molecule has 1 amide bonds. The van der Waals surface area contributed by atoms with Gasteiger partial charge in [-0.15, -0.1) is 0 Å². The van der Waals surface area contributed by atoms with E-state index in [2.05, 4.69) is 52.2 Å².